The lowest BCUT2D eigenvalue weighted by atomic mass is 9.99. The number of halogens is 1. The van der Waals surface area contributed by atoms with Crippen LogP contribution in [0, 0.1) is 5.82 Å². The lowest BCUT2D eigenvalue weighted by molar-refractivity contribution is 0.0818. The topological polar surface area (TPSA) is 35.5 Å². The first kappa shape index (κ1) is 12.3. The number of piperazine rings is 1. The number of nitrogens with one attached hydrogen (secondary N) is 1. The van der Waals surface area contributed by atoms with E-state index in [0.29, 0.717) is 12.1 Å². The predicted molar refractivity (Wildman–Crippen MR) is 65.4 cm³/mol. The summed E-state index contributed by atoms with van der Waals surface area (Å²) < 4.78 is 13.2. The van der Waals surface area contributed by atoms with Gasteiger partial charge in [0.25, 0.3) is 0 Å². The molecule has 1 aromatic rings. The van der Waals surface area contributed by atoms with Crippen molar-refractivity contribution in [3.05, 3.63) is 29.6 Å². The zero-order valence-electron chi connectivity index (χ0n) is 10.3. The van der Waals surface area contributed by atoms with Gasteiger partial charge in [-0.15, -0.1) is 0 Å². The van der Waals surface area contributed by atoms with E-state index in [1.54, 1.807) is 0 Å². The van der Waals surface area contributed by atoms with Crippen molar-refractivity contribution in [1.82, 2.24) is 10.2 Å². The van der Waals surface area contributed by atoms with Crippen LogP contribution in [0.1, 0.15) is 19.4 Å². The second-order valence-corrected chi connectivity index (χ2v) is 5.18. The molecular formula is C13H19FN2O. The minimum absolute atomic E-state index is 0.0248. The molecule has 0 aromatic heterocycles. The molecule has 1 fully saturated rings. The maximum atomic E-state index is 13.2. The summed E-state index contributed by atoms with van der Waals surface area (Å²) in [5.74, 6) is -0.133. The Hall–Kier alpha value is -1.13. The van der Waals surface area contributed by atoms with E-state index in [9.17, 15) is 9.50 Å². The molecule has 4 heteroatoms. The Morgan fingerprint density at radius 2 is 2.24 bits per heavy atom. The van der Waals surface area contributed by atoms with E-state index >= 15 is 0 Å². The van der Waals surface area contributed by atoms with Crippen LogP contribution < -0.4 is 5.32 Å². The molecule has 2 rings (SSSR count). The van der Waals surface area contributed by atoms with Gasteiger partial charge in [0.05, 0.1) is 0 Å². The van der Waals surface area contributed by atoms with Crippen molar-refractivity contribution in [3.63, 3.8) is 0 Å². The zero-order chi connectivity index (χ0) is 12.5. The van der Waals surface area contributed by atoms with Gasteiger partial charge < -0.3 is 10.4 Å². The van der Waals surface area contributed by atoms with E-state index in [1.807, 2.05) is 0 Å². The van der Waals surface area contributed by atoms with Gasteiger partial charge in [0.15, 0.2) is 0 Å². The SMILES string of the molecule is CC1(C)CNCCN1Cc1cc(F)ccc1O. The van der Waals surface area contributed by atoms with Gasteiger partial charge in [0.2, 0.25) is 0 Å². The van der Waals surface area contributed by atoms with Crippen LogP contribution in [0.5, 0.6) is 5.75 Å². The third kappa shape index (κ3) is 2.76. The average Bonchev–Trinajstić information content (AvgIpc) is 2.26. The van der Waals surface area contributed by atoms with Crippen LogP contribution in [0.4, 0.5) is 4.39 Å². The molecule has 0 bridgehead atoms. The summed E-state index contributed by atoms with van der Waals surface area (Å²) in [7, 11) is 0. The van der Waals surface area contributed by atoms with E-state index in [0.717, 1.165) is 19.6 Å². The van der Waals surface area contributed by atoms with E-state index in [2.05, 4.69) is 24.1 Å². The molecule has 1 aliphatic rings. The lowest BCUT2D eigenvalue weighted by Gasteiger charge is -2.42. The average molecular weight is 238 g/mol. The number of benzene rings is 1. The number of hydrogen-bond donors (Lipinski definition) is 2. The minimum atomic E-state index is -0.300. The number of rotatable bonds is 2. The Labute approximate surface area is 101 Å². The first-order valence-electron chi connectivity index (χ1n) is 5.92. The Kier molecular flexibility index (Phi) is 3.35. The highest BCUT2D eigenvalue weighted by Gasteiger charge is 2.29. The molecule has 0 radical (unpaired) electrons. The summed E-state index contributed by atoms with van der Waals surface area (Å²) in [5.41, 5.74) is 0.678. The van der Waals surface area contributed by atoms with Gasteiger partial charge >= 0.3 is 0 Å². The van der Waals surface area contributed by atoms with E-state index in [1.165, 1.54) is 18.2 Å². The van der Waals surface area contributed by atoms with Crippen molar-refractivity contribution in [2.24, 2.45) is 0 Å². The molecule has 0 aliphatic carbocycles. The Morgan fingerprint density at radius 3 is 2.94 bits per heavy atom. The van der Waals surface area contributed by atoms with Crippen molar-refractivity contribution in [2.45, 2.75) is 25.9 Å². The standard InChI is InChI=1S/C13H19FN2O/c1-13(2)9-15-5-6-16(13)8-10-7-11(14)3-4-12(10)17/h3-4,7,15,17H,5-6,8-9H2,1-2H3. The molecule has 2 N–H and O–H groups in total. The Morgan fingerprint density at radius 1 is 1.47 bits per heavy atom. The van der Waals surface area contributed by atoms with Gasteiger partial charge in [0.1, 0.15) is 11.6 Å². The molecule has 94 valence electrons. The van der Waals surface area contributed by atoms with Crippen LogP contribution in [0.3, 0.4) is 0 Å². The van der Waals surface area contributed by atoms with Crippen LogP contribution in [0.15, 0.2) is 18.2 Å². The second kappa shape index (κ2) is 4.63. The first-order chi connectivity index (χ1) is 7.99. The fraction of sp³-hybridized carbons (Fsp3) is 0.538. The first-order valence-corrected chi connectivity index (χ1v) is 5.92. The number of phenolic OH excluding ortho intramolecular Hbond substituents is 1. The highest BCUT2D eigenvalue weighted by Crippen LogP contribution is 2.24. The van der Waals surface area contributed by atoms with Crippen molar-refractivity contribution >= 4 is 0 Å². The van der Waals surface area contributed by atoms with Gasteiger partial charge in [0, 0.05) is 37.3 Å². The van der Waals surface area contributed by atoms with Gasteiger partial charge in [-0.1, -0.05) is 0 Å². The van der Waals surface area contributed by atoms with Crippen LogP contribution in [0.25, 0.3) is 0 Å². The number of hydrogen-bond acceptors (Lipinski definition) is 3. The monoisotopic (exact) mass is 238 g/mol. The van der Waals surface area contributed by atoms with Crippen LogP contribution in [-0.4, -0.2) is 35.2 Å². The van der Waals surface area contributed by atoms with Crippen molar-refractivity contribution in [3.8, 4) is 5.75 Å². The minimum Gasteiger partial charge on any atom is -0.508 e. The summed E-state index contributed by atoms with van der Waals surface area (Å²) >= 11 is 0. The van der Waals surface area contributed by atoms with E-state index < -0.39 is 0 Å². The van der Waals surface area contributed by atoms with Gasteiger partial charge in [-0.25, -0.2) is 4.39 Å². The largest absolute Gasteiger partial charge is 0.508 e. The highest BCUT2D eigenvalue weighted by atomic mass is 19.1. The Balaban J connectivity index is 2.16. The van der Waals surface area contributed by atoms with E-state index in [4.69, 9.17) is 0 Å². The van der Waals surface area contributed by atoms with Gasteiger partial charge in [-0.3, -0.25) is 4.90 Å². The molecule has 0 amide bonds. The molecule has 1 aromatic carbocycles. The lowest BCUT2D eigenvalue weighted by Crippen LogP contribution is -2.57. The summed E-state index contributed by atoms with van der Waals surface area (Å²) in [6, 6.07) is 4.11. The fourth-order valence-electron chi connectivity index (χ4n) is 2.20. The normalized spacial score (nSPS) is 20.4. The maximum absolute atomic E-state index is 13.2. The molecule has 0 saturated carbocycles. The Bertz CT molecular complexity index is 406. The maximum Gasteiger partial charge on any atom is 0.123 e. The van der Waals surface area contributed by atoms with Gasteiger partial charge in [-0.05, 0) is 32.0 Å². The summed E-state index contributed by atoms with van der Waals surface area (Å²) in [6.07, 6.45) is 0. The van der Waals surface area contributed by atoms with Crippen LogP contribution >= 0.6 is 0 Å². The van der Waals surface area contributed by atoms with Crippen molar-refractivity contribution in [2.75, 3.05) is 19.6 Å². The molecule has 17 heavy (non-hydrogen) atoms. The quantitative estimate of drug-likeness (QED) is 0.823. The molecule has 1 heterocycles. The third-order valence-corrected chi connectivity index (χ3v) is 3.37. The predicted octanol–water partition coefficient (Wildman–Crippen LogP) is 1.72. The number of phenols is 1. The highest BCUT2D eigenvalue weighted by molar-refractivity contribution is 5.32. The summed E-state index contributed by atoms with van der Waals surface area (Å²) in [6.45, 7) is 7.62. The zero-order valence-corrected chi connectivity index (χ0v) is 10.3. The molecule has 3 nitrogen and oxygen atoms in total. The van der Waals surface area contributed by atoms with Crippen molar-refractivity contribution < 1.29 is 9.50 Å². The van der Waals surface area contributed by atoms with Crippen LogP contribution in [-0.2, 0) is 6.54 Å². The third-order valence-electron chi connectivity index (χ3n) is 3.37. The second-order valence-electron chi connectivity index (χ2n) is 5.18. The summed E-state index contributed by atoms with van der Waals surface area (Å²) in [4.78, 5) is 2.26. The molecule has 0 unspecified atom stereocenters. The number of aromatic hydroxyl groups is 1. The van der Waals surface area contributed by atoms with Gasteiger partial charge in [-0.2, -0.15) is 0 Å². The van der Waals surface area contributed by atoms with Crippen molar-refractivity contribution in [1.29, 1.82) is 0 Å². The number of nitrogens with zero attached hydrogens (tertiary/aromatic N) is 1. The molecular weight excluding hydrogens is 219 g/mol. The molecule has 0 atom stereocenters. The summed E-state index contributed by atoms with van der Waals surface area (Å²) in [5, 5.41) is 13.1. The molecule has 1 aliphatic heterocycles. The van der Waals surface area contributed by atoms with E-state index in [-0.39, 0.29) is 17.1 Å². The van der Waals surface area contributed by atoms with Crippen LogP contribution in [0.2, 0.25) is 0 Å². The smallest absolute Gasteiger partial charge is 0.123 e. The fourth-order valence-corrected chi connectivity index (χ4v) is 2.20. The molecule has 1 saturated heterocycles. The molecule has 0 spiro atoms.